The van der Waals surface area contributed by atoms with E-state index in [-0.39, 0.29) is 17.9 Å². The standard InChI is InChI=1S/C15H22N2O4/c1-10-3-4-13(14(7-10)21-6-5-19-2)17-15(18)11-8-20-9-12(11)16/h3-4,7,11-12H,5-6,8-9,16H2,1-2H3,(H,17,18). The first kappa shape index (κ1) is 15.8. The maximum Gasteiger partial charge on any atom is 0.231 e. The second-order valence-corrected chi connectivity index (χ2v) is 5.14. The van der Waals surface area contributed by atoms with Gasteiger partial charge in [0, 0.05) is 13.2 Å². The molecule has 0 radical (unpaired) electrons. The number of nitrogens with one attached hydrogen (secondary N) is 1. The fraction of sp³-hybridized carbons (Fsp3) is 0.533. The summed E-state index contributed by atoms with van der Waals surface area (Å²) < 4.78 is 15.8. The molecule has 3 N–H and O–H groups in total. The minimum Gasteiger partial charge on any atom is -0.489 e. The van der Waals surface area contributed by atoms with E-state index in [1.54, 1.807) is 7.11 Å². The fourth-order valence-corrected chi connectivity index (χ4v) is 2.15. The zero-order valence-electron chi connectivity index (χ0n) is 12.4. The first-order valence-corrected chi connectivity index (χ1v) is 6.98. The van der Waals surface area contributed by atoms with Gasteiger partial charge in [0.05, 0.1) is 31.4 Å². The molecule has 2 atom stereocenters. The van der Waals surface area contributed by atoms with Gasteiger partial charge in [0.15, 0.2) is 0 Å². The first-order valence-electron chi connectivity index (χ1n) is 6.98. The van der Waals surface area contributed by atoms with Crippen LogP contribution in [-0.2, 0) is 14.3 Å². The Morgan fingerprint density at radius 1 is 1.43 bits per heavy atom. The van der Waals surface area contributed by atoms with Gasteiger partial charge in [0.25, 0.3) is 0 Å². The number of methoxy groups -OCH3 is 1. The second kappa shape index (κ2) is 7.40. The van der Waals surface area contributed by atoms with Crippen molar-refractivity contribution in [1.82, 2.24) is 0 Å². The van der Waals surface area contributed by atoms with Crippen LogP contribution in [0.15, 0.2) is 18.2 Å². The average molecular weight is 294 g/mol. The van der Waals surface area contributed by atoms with Crippen LogP contribution in [0.25, 0.3) is 0 Å². The highest BCUT2D eigenvalue weighted by atomic mass is 16.5. The van der Waals surface area contributed by atoms with Gasteiger partial charge in [-0.1, -0.05) is 6.07 Å². The lowest BCUT2D eigenvalue weighted by Gasteiger charge is -2.16. The lowest BCUT2D eigenvalue weighted by atomic mass is 10.0. The quantitative estimate of drug-likeness (QED) is 0.763. The molecule has 0 spiro atoms. The minimum absolute atomic E-state index is 0.138. The van der Waals surface area contributed by atoms with Crippen molar-refractivity contribution in [2.45, 2.75) is 13.0 Å². The lowest BCUT2D eigenvalue weighted by molar-refractivity contribution is -0.120. The normalized spacial score (nSPS) is 21.3. The Bertz CT molecular complexity index is 493. The molecule has 1 fully saturated rings. The SMILES string of the molecule is COCCOc1cc(C)ccc1NC(=O)C1COCC1N. The van der Waals surface area contributed by atoms with Crippen molar-refractivity contribution in [1.29, 1.82) is 0 Å². The number of hydrogen-bond donors (Lipinski definition) is 2. The van der Waals surface area contributed by atoms with Gasteiger partial charge in [-0.3, -0.25) is 4.79 Å². The molecule has 1 aromatic rings. The number of benzene rings is 1. The number of nitrogens with two attached hydrogens (primary N) is 1. The Morgan fingerprint density at radius 2 is 2.24 bits per heavy atom. The summed E-state index contributed by atoms with van der Waals surface area (Å²) >= 11 is 0. The van der Waals surface area contributed by atoms with Crippen molar-refractivity contribution in [2.75, 3.05) is 38.9 Å². The zero-order chi connectivity index (χ0) is 15.2. The van der Waals surface area contributed by atoms with Crippen LogP contribution in [0.3, 0.4) is 0 Å². The van der Waals surface area contributed by atoms with Crippen LogP contribution < -0.4 is 15.8 Å². The molecule has 0 saturated carbocycles. The summed E-state index contributed by atoms with van der Waals surface area (Å²) in [5.41, 5.74) is 7.56. The van der Waals surface area contributed by atoms with Crippen LogP contribution >= 0.6 is 0 Å². The predicted molar refractivity (Wildman–Crippen MR) is 79.5 cm³/mol. The second-order valence-electron chi connectivity index (χ2n) is 5.14. The number of aryl methyl sites for hydroxylation is 1. The maximum absolute atomic E-state index is 12.2. The van der Waals surface area contributed by atoms with E-state index in [1.807, 2.05) is 25.1 Å². The topological polar surface area (TPSA) is 82.8 Å². The molecule has 1 aliphatic heterocycles. The van der Waals surface area contributed by atoms with Crippen LogP contribution in [0.4, 0.5) is 5.69 Å². The van der Waals surface area contributed by atoms with E-state index in [0.717, 1.165) is 5.56 Å². The number of carbonyl (C=O) groups excluding carboxylic acids is 1. The summed E-state index contributed by atoms with van der Waals surface area (Å²) in [6.45, 7) is 3.66. The monoisotopic (exact) mass is 294 g/mol. The van der Waals surface area contributed by atoms with Gasteiger partial charge in [-0.25, -0.2) is 0 Å². The molecule has 1 aromatic carbocycles. The smallest absolute Gasteiger partial charge is 0.231 e. The summed E-state index contributed by atoms with van der Waals surface area (Å²) in [4.78, 5) is 12.2. The van der Waals surface area contributed by atoms with Crippen molar-refractivity contribution in [2.24, 2.45) is 11.7 Å². The maximum atomic E-state index is 12.2. The van der Waals surface area contributed by atoms with Crippen molar-refractivity contribution >= 4 is 11.6 Å². The number of rotatable bonds is 6. The Balaban J connectivity index is 2.05. The third kappa shape index (κ3) is 4.17. The molecule has 116 valence electrons. The Hall–Kier alpha value is -1.63. The van der Waals surface area contributed by atoms with Gasteiger partial charge in [0.2, 0.25) is 5.91 Å². The Morgan fingerprint density at radius 3 is 2.90 bits per heavy atom. The molecule has 0 aliphatic carbocycles. The Labute approximate surface area is 124 Å². The molecule has 1 aliphatic rings. The van der Waals surface area contributed by atoms with Gasteiger partial charge < -0.3 is 25.3 Å². The van der Waals surface area contributed by atoms with Crippen LogP contribution in [-0.4, -0.2) is 45.5 Å². The van der Waals surface area contributed by atoms with Gasteiger partial charge in [-0.15, -0.1) is 0 Å². The number of carbonyl (C=O) groups is 1. The third-order valence-corrected chi connectivity index (χ3v) is 3.40. The Kier molecular flexibility index (Phi) is 5.55. The van der Waals surface area contributed by atoms with Crippen LogP contribution in [0.1, 0.15) is 5.56 Å². The van der Waals surface area contributed by atoms with Crippen molar-refractivity contribution in [3.05, 3.63) is 23.8 Å². The number of anilines is 1. The lowest BCUT2D eigenvalue weighted by Crippen LogP contribution is -2.37. The van der Waals surface area contributed by atoms with Crippen molar-refractivity contribution < 1.29 is 19.0 Å². The molecule has 0 aromatic heterocycles. The molecule has 2 rings (SSSR count). The zero-order valence-corrected chi connectivity index (χ0v) is 12.4. The number of amides is 1. The summed E-state index contributed by atoms with van der Waals surface area (Å²) in [6, 6.07) is 5.38. The van der Waals surface area contributed by atoms with Crippen molar-refractivity contribution in [3.8, 4) is 5.75 Å². The van der Waals surface area contributed by atoms with E-state index < -0.39 is 0 Å². The molecule has 21 heavy (non-hydrogen) atoms. The predicted octanol–water partition coefficient (Wildman–Crippen LogP) is 0.932. The van der Waals surface area contributed by atoms with E-state index >= 15 is 0 Å². The molecule has 6 nitrogen and oxygen atoms in total. The van der Waals surface area contributed by atoms with Gasteiger partial charge in [0.1, 0.15) is 12.4 Å². The highest BCUT2D eigenvalue weighted by molar-refractivity contribution is 5.94. The van der Waals surface area contributed by atoms with Crippen LogP contribution in [0.5, 0.6) is 5.75 Å². The van der Waals surface area contributed by atoms with Gasteiger partial charge >= 0.3 is 0 Å². The minimum atomic E-state index is -0.321. The molecule has 1 saturated heterocycles. The van der Waals surface area contributed by atoms with Gasteiger partial charge in [-0.05, 0) is 24.6 Å². The third-order valence-electron chi connectivity index (χ3n) is 3.40. The highest BCUT2D eigenvalue weighted by Gasteiger charge is 2.31. The van der Waals surface area contributed by atoms with Crippen molar-refractivity contribution in [3.63, 3.8) is 0 Å². The highest BCUT2D eigenvalue weighted by Crippen LogP contribution is 2.27. The molecular formula is C15H22N2O4. The van der Waals surface area contributed by atoms with E-state index in [1.165, 1.54) is 0 Å². The summed E-state index contributed by atoms with van der Waals surface area (Å²) in [5.74, 6) is 0.173. The van der Waals surface area contributed by atoms with E-state index in [2.05, 4.69) is 5.32 Å². The van der Waals surface area contributed by atoms with Gasteiger partial charge in [-0.2, -0.15) is 0 Å². The number of hydrogen-bond acceptors (Lipinski definition) is 5. The molecule has 1 heterocycles. The van der Waals surface area contributed by atoms with E-state index in [4.69, 9.17) is 19.9 Å². The van der Waals surface area contributed by atoms with E-state index in [9.17, 15) is 4.79 Å². The molecule has 2 unspecified atom stereocenters. The summed E-state index contributed by atoms with van der Waals surface area (Å²) in [7, 11) is 1.61. The molecule has 0 bridgehead atoms. The molecule has 1 amide bonds. The summed E-state index contributed by atoms with van der Waals surface area (Å²) in [5, 5.41) is 2.87. The molecule has 6 heteroatoms. The average Bonchev–Trinajstić information content (AvgIpc) is 2.88. The summed E-state index contributed by atoms with van der Waals surface area (Å²) in [6.07, 6.45) is 0. The number of ether oxygens (including phenoxy) is 3. The fourth-order valence-electron chi connectivity index (χ4n) is 2.15. The first-order chi connectivity index (χ1) is 10.1. The molecular weight excluding hydrogens is 272 g/mol. The largest absolute Gasteiger partial charge is 0.489 e. The van der Waals surface area contributed by atoms with E-state index in [0.29, 0.717) is 37.9 Å². The van der Waals surface area contributed by atoms with Crippen LogP contribution in [0.2, 0.25) is 0 Å². The van der Waals surface area contributed by atoms with Crippen LogP contribution in [0, 0.1) is 12.8 Å².